The number of benzene rings is 1. The maximum atomic E-state index is 6.23. The van der Waals surface area contributed by atoms with E-state index in [1.165, 1.54) is 0 Å². The van der Waals surface area contributed by atoms with Gasteiger partial charge in [-0.15, -0.1) is 0 Å². The van der Waals surface area contributed by atoms with E-state index in [-0.39, 0.29) is 12.2 Å². The van der Waals surface area contributed by atoms with Crippen LogP contribution < -0.4 is 9.47 Å². The molecule has 1 aliphatic carbocycles. The van der Waals surface area contributed by atoms with E-state index in [9.17, 15) is 0 Å². The van der Waals surface area contributed by atoms with Gasteiger partial charge in [0.25, 0.3) is 0 Å². The van der Waals surface area contributed by atoms with Crippen LogP contribution in [0.3, 0.4) is 0 Å². The van der Waals surface area contributed by atoms with Gasteiger partial charge in [-0.3, -0.25) is 4.98 Å². The van der Waals surface area contributed by atoms with Crippen LogP contribution in [0, 0.1) is 0 Å². The fourth-order valence-corrected chi connectivity index (χ4v) is 3.53. The molecule has 0 spiro atoms. The Labute approximate surface area is 169 Å². The molecule has 2 unspecified atom stereocenters. The van der Waals surface area contributed by atoms with E-state index in [0.29, 0.717) is 17.3 Å². The van der Waals surface area contributed by atoms with Crippen molar-refractivity contribution in [1.82, 2.24) is 4.98 Å². The highest BCUT2D eigenvalue weighted by Crippen LogP contribution is 2.37. The van der Waals surface area contributed by atoms with Gasteiger partial charge in [0.05, 0.1) is 14.2 Å². The zero-order chi connectivity index (χ0) is 20.4. The lowest BCUT2D eigenvalue weighted by molar-refractivity contribution is 0.0144. The highest BCUT2D eigenvalue weighted by molar-refractivity contribution is 5.93. The van der Waals surface area contributed by atoms with Crippen LogP contribution in [-0.4, -0.2) is 45.6 Å². The summed E-state index contributed by atoms with van der Waals surface area (Å²) >= 11 is 0. The first-order valence-corrected chi connectivity index (χ1v) is 9.25. The maximum absolute atomic E-state index is 6.23. The van der Waals surface area contributed by atoms with E-state index < -0.39 is 0 Å². The number of aromatic nitrogens is 1. The van der Waals surface area contributed by atoms with Gasteiger partial charge in [0.15, 0.2) is 17.1 Å². The summed E-state index contributed by atoms with van der Waals surface area (Å²) in [5.74, 6) is 2.02. The molecule has 150 valence electrons. The molecule has 0 aliphatic heterocycles. The Bertz CT molecular complexity index is 1080. The second-order valence-corrected chi connectivity index (χ2v) is 6.64. The molecule has 0 radical (unpaired) electrons. The Morgan fingerprint density at radius 2 is 1.69 bits per heavy atom. The van der Waals surface area contributed by atoms with E-state index in [0.717, 1.165) is 27.8 Å². The zero-order valence-corrected chi connectivity index (χ0v) is 16.8. The molecular weight excluding hydrogens is 370 g/mol. The Morgan fingerprint density at radius 3 is 2.41 bits per heavy atom. The molecule has 2 atom stereocenters. The van der Waals surface area contributed by atoms with Gasteiger partial charge in [-0.05, 0) is 35.9 Å². The van der Waals surface area contributed by atoms with Crippen molar-refractivity contribution in [3.63, 3.8) is 0 Å². The first-order chi connectivity index (χ1) is 14.2. The Hall–Kier alpha value is -3.09. The number of nitrogens with zero attached hydrogens (tertiary/aromatic N) is 1. The molecule has 4 rings (SSSR count). The van der Waals surface area contributed by atoms with Crippen LogP contribution in [0.1, 0.15) is 5.56 Å². The summed E-state index contributed by atoms with van der Waals surface area (Å²) in [7, 11) is 6.57. The standard InChI is InChI=1S/C23H23NO5/c1-25-18-7-5-14(11-21(18)27-3)16-9-10-24-17-13-20(29-23(16)17)15-6-8-19(26-2)22(12-15)28-4/h5-13,18,21H,1-4H3. The summed E-state index contributed by atoms with van der Waals surface area (Å²) in [6, 6.07) is 9.55. The van der Waals surface area contributed by atoms with Crippen LogP contribution in [0.25, 0.3) is 28.0 Å². The van der Waals surface area contributed by atoms with E-state index >= 15 is 0 Å². The van der Waals surface area contributed by atoms with Crippen molar-refractivity contribution in [2.75, 3.05) is 28.4 Å². The summed E-state index contributed by atoms with van der Waals surface area (Å²) in [6.45, 7) is 0. The van der Waals surface area contributed by atoms with Crippen molar-refractivity contribution in [2.45, 2.75) is 12.2 Å². The molecule has 1 aromatic carbocycles. The van der Waals surface area contributed by atoms with Crippen molar-refractivity contribution in [3.8, 4) is 22.8 Å². The lowest BCUT2D eigenvalue weighted by Crippen LogP contribution is -2.28. The molecule has 29 heavy (non-hydrogen) atoms. The van der Waals surface area contributed by atoms with Gasteiger partial charge in [0, 0.05) is 37.6 Å². The van der Waals surface area contributed by atoms with Gasteiger partial charge in [0.1, 0.15) is 23.5 Å². The minimum atomic E-state index is -0.163. The van der Waals surface area contributed by atoms with Crippen LogP contribution in [0.15, 0.2) is 59.2 Å². The number of hydrogen-bond acceptors (Lipinski definition) is 6. The molecule has 6 nitrogen and oxygen atoms in total. The molecule has 0 saturated heterocycles. The lowest BCUT2D eigenvalue weighted by Gasteiger charge is -2.23. The highest BCUT2D eigenvalue weighted by Gasteiger charge is 2.22. The van der Waals surface area contributed by atoms with Gasteiger partial charge < -0.3 is 23.4 Å². The smallest absolute Gasteiger partial charge is 0.161 e. The number of methoxy groups -OCH3 is 4. The number of ether oxygens (including phenoxy) is 4. The molecule has 2 aromatic heterocycles. The summed E-state index contributed by atoms with van der Waals surface area (Å²) in [4.78, 5) is 4.47. The van der Waals surface area contributed by atoms with Crippen molar-refractivity contribution < 1.29 is 23.4 Å². The average Bonchev–Trinajstić information content (AvgIpc) is 3.22. The van der Waals surface area contributed by atoms with Crippen LogP contribution >= 0.6 is 0 Å². The summed E-state index contributed by atoms with van der Waals surface area (Å²) < 4.78 is 28.0. The van der Waals surface area contributed by atoms with E-state index in [2.05, 4.69) is 4.98 Å². The van der Waals surface area contributed by atoms with Gasteiger partial charge in [-0.1, -0.05) is 12.2 Å². The van der Waals surface area contributed by atoms with Crippen molar-refractivity contribution in [3.05, 3.63) is 60.3 Å². The Kier molecular flexibility index (Phi) is 5.38. The molecule has 0 bridgehead atoms. The fraction of sp³-hybridized carbons (Fsp3) is 0.261. The molecule has 3 aromatic rings. The maximum Gasteiger partial charge on any atom is 0.161 e. The average molecular weight is 393 g/mol. The number of pyridine rings is 1. The largest absolute Gasteiger partial charge is 0.493 e. The minimum Gasteiger partial charge on any atom is -0.493 e. The highest BCUT2D eigenvalue weighted by atomic mass is 16.5. The van der Waals surface area contributed by atoms with Crippen LogP contribution in [0.5, 0.6) is 11.5 Å². The third-order valence-corrected chi connectivity index (χ3v) is 5.07. The van der Waals surface area contributed by atoms with E-state index in [1.807, 2.05) is 48.6 Å². The third-order valence-electron chi connectivity index (χ3n) is 5.07. The summed E-state index contributed by atoms with van der Waals surface area (Å²) in [5.41, 5.74) is 4.35. The van der Waals surface area contributed by atoms with Crippen LogP contribution in [0.4, 0.5) is 0 Å². The molecule has 1 aliphatic rings. The van der Waals surface area contributed by atoms with Crippen LogP contribution in [0.2, 0.25) is 0 Å². The molecular formula is C23H23NO5. The van der Waals surface area contributed by atoms with Gasteiger partial charge in [-0.2, -0.15) is 0 Å². The van der Waals surface area contributed by atoms with E-state index in [1.54, 1.807) is 34.6 Å². The van der Waals surface area contributed by atoms with Gasteiger partial charge in [0.2, 0.25) is 0 Å². The molecule has 0 amide bonds. The quantitative estimate of drug-likeness (QED) is 0.615. The zero-order valence-electron chi connectivity index (χ0n) is 16.8. The van der Waals surface area contributed by atoms with Gasteiger partial charge >= 0.3 is 0 Å². The first-order valence-electron chi connectivity index (χ1n) is 9.25. The number of allylic oxidation sites excluding steroid dienone is 2. The number of hydrogen-bond donors (Lipinski definition) is 0. The predicted molar refractivity (Wildman–Crippen MR) is 111 cm³/mol. The Balaban J connectivity index is 1.77. The fourth-order valence-electron chi connectivity index (χ4n) is 3.53. The Morgan fingerprint density at radius 1 is 0.897 bits per heavy atom. The minimum absolute atomic E-state index is 0.111. The lowest BCUT2D eigenvalue weighted by atomic mass is 9.96. The summed E-state index contributed by atoms with van der Waals surface area (Å²) in [6.07, 6.45) is 7.57. The van der Waals surface area contributed by atoms with E-state index in [4.69, 9.17) is 23.4 Å². The number of furan rings is 1. The molecule has 2 heterocycles. The second kappa shape index (κ2) is 8.11. The first kappa shape index (κ1) is 19.2. The predicted octanol–water partition coefficient (Wildman–Crippen LogP) is 4.50. The molecule has 0 fully saturated rings. The SMILES string of the molecule is COc1ccc(-c2cc3nccc(C4=CC(OC)C(OC)C=C4)c3o2)cc1OC. The van der Waals surface area contributed by atoms with Crippen molar-refractivity contribution >= 4 is 16.7 Å². The second-order valence-electron chi connectivity index (χ2n) is 6.64. The monoisotopic (exact) mass is 393 g/mol. The third kappa shape index (κ3) is 3.52. The van der Waals surface area contributed by atoms with Crippen molar-refractivity contribution in [2.24, 2.45) is 0 Å². The van der Waals surface area contributed by atoms with Crippen molar-refractivity contribution in [1.29, 1.82) is 0 Å². The number of fused-ring (bicyclic) bond motifs is 1. The molecule has 0 saturated carbocycles. The van der Waals surface area contributed by atoms with Crippen LogP contribution in [-0.2, 0) is 9.47 Å². The normalized spacial score (nSPS) is 18.7. The topological polar surface area (TPSA) is 63.0 Å². The summed E-state index contributed by atoms with van der Waals surface area (Å²) in [5, 5.41) is 0. The molecule has 6 heteroatoms. The molecule has 0 N–H and O–H groups in total. The van der Waals surface area contributed by atoms with Gasteiger partial charge in [-0.25, -0.2) is 0 Å². The number of rotatable bonds is 6.